The second-order valence-electron chi connectivity index (χ2n) is 13.6. The molecule has 3 atom stereocenters. The molecule has 5 saturated heterocycles. The molecular formula is C35H34ClFN6O4. The van der Waals surface area contributed by atoms with Crippen LogP contribution in [0, 0.1) is 5.82 Å². The van der Waals surface area contributed by atoms with E-state index in [1.807, 2.05) is 35.2 Å². The molecule has 0 aliphatic carbocycles. The van der Waals surface area contributed by atoms with E-state index >= 15 is 4.39 Å². The number of hydrogen-bond acceptors (Lipinski definition) is 9. The fourth-order valence-corrected chi connectivity index (χ4v) is 8.99. The standard InChI is InChI=1S/C35H34ClFN6O4/c36-25-8-2-6-20-5-1-7-23(28(20)25)30-29(37)31-24(16-38-30)32(40-34(39-31)46-19-35-11-3-13-42(35)14-4-12-35)41-17-21-9-10-22(18-41)43(21)33(45)26-15-27(44)47-26/h1-2,5-8,16,21-22,26H,3-4,9-15,17-19H2. The maximum atomic E-state index is 16.8. The SMILES string of the molecule is O=C1CC(C(=O)N2C3CCC2CN(c2nc(OCC45CCCN4CCC5)nc4c(F)c(-c5cccc6cccc(Cl)c56)ncc24)C3)O1. The summed E-state index contributed by atoms with van der Waals surface area (Å²) in [5, 5.41) is 2.62. The van der Waals surface area contributed by atoms with E-state index in [2.05, 4.69) is 14.8 Å². The summed E-state index contributed by atoms with van der Waals surface area (Å²) in [6, 6.07) is 11.2. The highest BCUT2D eigenvalue weighted by molar-refractivity contribution is 6.36. The van der Waals surface area contributed by atoms with Gasteiger partial charge in [-0.15, -0.1) is 0 Å². The van der Waals surface area contributed by atoms with E-state index in [-0.39, 0.29) is 53.1 Å². The van der Waals surface area contributed by atoms with Crippen molar-refractivity contribution < 1.29 is 23.5 Å². The van der Waals surface area contributed by atoms with Crippen LogP contribution in [0.2, 0.25) is 5.02 Å². The molecule has 2 aromatic heterocycles. The predicted octanol–water partition coefficient (Wildman–Crippen LogP) is 5.14. The monoisotopic (exact) mass is 656 g/mol. The number of nitrogens with zero attached hydrogens (tertiary/aromatic N) is 6. The number of halogens is 2. The molecule has 1 amide bonds. The second kappa shape index (κ2) is 11.0. The Morgan fingerprint density at radius 1 is 1.06 bits per heavy atom. The lowest BCUT2D eigenvalue weighted by Crippen LogP contribution is -2.60. The van der Waals surface area contributed by atoms with Crippen molar-refractivity contribution in [2.24, 2.45) is 0 Å². The fourth-order valence-electron chi connectivity index (χ4n) is 8.71. The molecule has 5 aliphatic rings. The number of ether oxygens (including phenoxy) is 2. The smallest absolute Gasteiger partial charge is 0.319 e. The van der Waals surface area contributed by atoms with Gasteiger partial charge in [0, 0.05) is 47.3 Å². The Hall–Kier alpha value is -4.09. The lowest BCUT2D eigenvalue weighted by atomic mass is 9.95. The van der Waals surface area contributed by atoms with Gasteiger partial charge in [-0.05, 0) is 63.1 Å². The lowest BCUT2D eigenvalue weighted by molar-refractivity contribution is -0.180. The molecule has 4 aromatic rings. The minimum absolute atomic E-state index is 0.0315. The van der Waals surface area contributed by atoms with Crippen molar-refractivity contribution in [3.05, 3.63) is 53.4 Å². The van der Waals surface area contributed by atoms with Gasteiger partial charge in [-0.25, -0.2) is 4.39 Å². The molecule has 9 rings (SSSR count). The van der Waals surface area contributed by atoms with Crippen LogP contribution in [0.5, 0.6) is 6.01 Å². The van der Waals surface area contributed by atoms with Crippen molar-refractivity contribution >= 4 is 51.0 Å². The predicted molar refractivity (Wildman–Crippen MR) is 174 cm³/mol. The zero-order valence-corrected chi connectivity index (χ0v) is 26.6. The maximum absolute atomic E-state index is 16.8. The molecule has 0 radical (unpaired) electrons. The molecule has 2 bridgehead atoms. The first kappa shape index (κ1) is 29.1. The summed E-state index contributed by atoms with van der Waals surface area (Å²) in [6.45, 7) is 3.60. The summed E-state index contributed by atoms with van der Waals surface area (Å²) >= 11 is 6.63. The van der Waals surface area contributed by atoms with Crippen LogP contribution in [0.15, 0.2) is 42.6 Å². The Kier molecular flexibility index (Phi) is 6.80. The third-order valence-electron chi connectivity index (χ3n) is 11.0. The zero-order chi connectivity index (χ0) is 31.9. The Morgan fingerprint density at radius 2 is 1.79 bits per heavy atom. The first-order chi connectivity index (χ1) is 22.9. The van der Waals surface area contributed by atoms with Gasteiger partial charge in [-0.2, -0.15) is 9.97 Å². The number of carbonyl (C=O) groups is 2. The number of carbonyl (C=O) groups excluding carboxylic acids is 2. The summed E-state index contributed by atoms with van der Waals surface area (Å²) in [7, 11) is 0. The minimum Gasteiger partial charge on any atom is -0.461 e. The van der Waals surface area contributed by atoms with E-state index in [1.54, 1.807) is 12.3 Å². The third-order valence-corrected chi connectivity index (χ3v) is 11.3. The van der Waals surface area contributed by atoms with Crippen LogP contribution in [0.25, 0.3) is 32.9 Å². The van der Waals surface area contributed by atoms with Crippen LogP contribution in [0.1, 0.15) is 44.9 Å². The van der Waals surface area contributed by atoms with Gasteiger partial charge in [0.1, 0.15) is 23.6 Å². The van der Waals surface area contributed by atoms with Gasteiger partial charge < -0.3 is 19.3 Å². The van der Waals surface area contributed by atoms with Crippen molar-refractivity contribution in [3.8, 4) is 17.3 Å². The second-order valence-corrected chi connectivity index (χ2v) is 14.0. The van der Waals surface area contributed by atoms with Gasteiger partial charge in [-0.1, -0.05) is 41.9 Å². The van der Waals surface area contributed by atoms with Crippen LogP contribution in [-0.2, 0) is 14.3 Å². The number of fused-ring (bicyclic) bond motifs is 5. The summed E-state index contributed by atoms with van der Waals surface area (Å²) in [6.07, 6.45) is 7.14. The van der Waals surface area contributed by atoms with Crippen LogP contribution >= 0.6 is 11.6 Å². The highest BCUT2D eigenvalue weighted by Crippen LogP contribution is 2.42. The number of anilines is 1. The molecule has 5 fully saturated rings. The molecule has 2 aromatic carbocycles. The zero-order valence-electron chi connectivity index (χ0n) is 25.8. The topological polar surface area (TPSA) is 101 Å². The van der Waals surface area contributed by atoms with Crippen molar-refractivity contribution in [2.45, 2.75) is 68.7 Å². The van der Waals surface area contributed by atoms with E-state index < -0.39 is 11.9 Å². The van der Waals surface area contributed by atoms with Crippen LogP contribution in [0.3, 0.4) is 0 Å². The van der Waals surface area contributed by atoms with Gasteiger partial charge >= 0.3 is 12.0 Å². The number of rotatable bonds is 6. The Labute approximate surface area is 275 Å². The molecule has 7 heterocycles. The summed E-state index contributed by atoms with van der Waals surface area (Å²) < 4.78 is 28.3. The number of hydrogen-bond donors (Lipinski definition) is 0. The largest absolute Gasteiger partial charge is 0.461 e. The third kappa shape index (κ3) is 4.64. The lowest BCUT2D eigenvalue weighted by Gasteiger charge is -2.43. The van der Waals surface area contributed by atoms with Crippen molar-refractivity contribution in [1.29, 1.82) is 0 Å². The van der Waals surface area contributed by atoms with Gasteiger partial charge in [0.05, 0.1) is 17.3 Å². The van der Waals surface area contributed by atoms with Crippen LogP contribution < -0.4 is 9.64 Å². The fraction of sp³-hybridized carbons (Fsp3) is 0.457. The molecule has 242 valence electrons. The Bertz CT molecular complexity index is 1920. The molecule has 5 aliphatic heterocycles. The number of piperazine rings is 1. The number of cyclic esters (lactones) is 1. The van der Waals surface area contributed by atoms with Gasteiger partial charge in [0.15, 0.2) is 11.9 Å². The van der Waals surface area contributed by atoms with E-state index in [4.69, 9.17) is 31.0 Å². The summed E-state index contributed by atoms with van der Waals surface area (Å²) in [5.41, 5.74) is 0.853. The number of aromatic nitrogens is 3. The molecule has 10 nitrogen and oxygen atoms in total. The highest BCUT2D eigenvalue weighted by Gasteiger charge is 2.49. The van der Waals surface area contributed by atoms with E-state index in [0.717, 1.165) is 62.4 Å². The molecule has 47 heavy (non-hydrogen) atoms. The van der Waals surface area contributed by atoms with Crippen molar-refractivity contribution in [2.75, 3.05) is 37.7 Å². The Balaban J connectivity index is 1.12. The average Bonchev–Trinajstić information content (AvgIpc) is 3.72. The summed E-state index contributed by atoms with van der Waals surface area (Å²) in [5.74, 6) is -0.484. The maximum Gasteiger partial charge on any atom is 0.319 e. The van der Waals surface area contributed by atoms with Crippen molar-refractivity contribution in [3.63, 3.8) is 0 Å². The van der Waals surface area contributed by atoms with E-state index in [1.165, 1.54) is 0 Å². The van der Waals surface area contributed by atoms with Crippen LogP contribution in [0.4, 0.5) is 10.2 Å². The average molecular weight is 657 g/mol. The molecular weight excluding hydrogens is 623 g/mol. The van der Waals surface area contributed by atoms with Gasteiger partial charge in [-0.3, -0.25) is 19.5 Å². The molecule has 12 heteroatoms. The quantitative estimate of drug-likeness (QED) is 0.261. The normalized spacial score (nSPS) is 24.9. The van der Waals surface area contributed by atoms with Crippen LogP contribution in [-0.4, -0.2) is 93.1 Å². The van der Waals surface area contributed by atoms with E-state index in [0.29, 0.717) is 41.5 Å². The number of pyridine rings is 1. The minimum atomic E-state index is -0.693. The van der Waals surface area contributed by atoms with Crippen molar-refractivity contribution in [1.82, 2.24) is 24.8 Å². The summed E-state index contributed by atoms with van der Waals surface area (Å²) in [4.78, 5) is 45.4. The molecule has 3 unspecified atom stereocenters. The van der Waals surface area contributed by atoms with Gasteiger partial charge in [0.2, 0.25) is 0 Å². The Morgan fingerprint density at radius 3 is 2.51 bits per heavy atom. The molecule has 0 N–H and O–H groups in total. The van der Waals surface area contributed by atoms with E-state index in [9.17, 15) is 9.59 Å². The first-order valence-corrected chi connectivity index (χ1v) is 16.9. The van der Waals surface area contributed by atoms with Gasteiger partial charge in [0.25, 0.3) is 5.91 Å². The number of esters is 1. The molecule has 0 spiro atoms. The number of benzene rings is 2. The highest BCUT2D eigenvalue weighted by atomic mass is 35.5. The first-order valence-electron chi connectivity index (χ1n) is 16.6. The number of amides is 1. The molecule has 0 saturated carbocycles.